The summed E-state index contributed by atoms with van der Waals surface area (Å²) < 4.78 is 27.1. The van der Waals surface area contributed by atoms with E-state index in [1.807, 2.05) is 0 Å². The molecule has 0 amide bonds. The van der Waals surface area contributed by atoms with E-state index < -0.39 is 10.0 Å². The van der Waals surface area contributed by atoms with Crippen LogP contribution in [0, 0.1) is 5.92 Å². The molecule has 7 heteroatoms. The van der Waals surface area contributed by atoms with E-state index in [0.717, 1.165) is 12.8 Å². The van der Waals surface area contributed by atoms with Gasteiger partial charge in [-0.05, 0) is 46.8 Å². The van der Waals surface area contributed by atoms with Gasteiger partial charge >= 0.3 is 0 Å². The van der Waals surface area contributed by atoms with Gasteiger partial charge < -0.3 is 0 Å². The fraction of sp³-hybridized carbons (Fsp3) is 0.500. The largest absolute Gasteiger partial charge is 0.244 e. The number of benzene rings is 1. The summed E-state index contributed by atoms with van der Waals surface area (Å²) in [7, 11) is -3.51. The van der Waals surface area contributed by atoms with Gasteiger partial charge in [-0.1, -0.05) is 30.1 Å². The van der Waals surface area contributed by atoms with Crippen LogP contribution in [-0.2, 0) is 10.0 Å². The first-order valence-corrected chi connectivity index (χ1v) is 8.96. The Morgan fingerprint density at radius 1 is 1.21 bits per heavy atom. The van der Waals surface area contributed by atoms with E-state index in [-0.39, 0.29) is 9.92 Å². The van der Waals surface area contributed by atoms with Crippen LogP contribution in [0.1, 0.15) is 19.8 Å². The van der Waals surface area contributed by atoms with Gasteiger partial charge in [0.15, 0.2) is 0 Å². The molecule has 0 aromatic heterocycles. The van der Waals surface area contributed by atoms with E-state index in [1.54, 1.807) is 0 Å². The lowest BCUT2D eigenvalue weighted by Gasteiger charge is -2.29. The van der Waals surface area contributed by atoms with Gasteiger partial charge in [-0.3, -0.25) is 0 Å². The fourth-order valence-electron chi connectivity index (χ4n) is 2.07. The minimum atomic E-state index is -3.51. The first-order chi connectivity index (χ1) is 8.82. The summed E-state index contributed by atoms with van der Waals surface area (Å²) in [6, 6.07) is 2.92. The Labute approximate surface area is 132 Å². The van der Waals surface area contributed by atoms with Crippen molar-refractivity contribution in [1.82, 2.24) is 4.31 Å². The highest BCUT2D eigenvalue weighted by molar-refractivity contribution is 9.10. The second-order valence-electron chi connectivity index (χ2n) is 4.78. The summed E-state index contributed by atoms with van der Waals surface area (Å²) in [6.45, 7) is 3.24. The van der Waals surface area contributed by atoms with Crippen LogP contribution < -0.4 is 0 Å². The topological polar surface area (TPSA) is 37.4 Å². The Hall–Kier alpha value is 0.190. The van der Waals surface area contributed by atoms with Crippen LogP contribution in [0.15, 0.2) is 21.5 Å². The third kappa shape index (κ3) is 3.27. The van der Waals surface area contributed by atoms with E-state index in [2.05, 4.69) is 22.9 Å². The molecule has 1 aromatic rings. The van der Waals surface area contributed by atoms with Gasteiger partial charge in [0.05, 0.1) is 14.9 Å². The zero-order valence-corrected chi connectivity index (χ0v) is 14.3. The van der Waals surface area contributed by atoms with Crippen molar-refractivity contribution >= 4 is 49.2 Å². The first-order valence-electron chi connectivity index (χ1n) is 5.97. The van der Waals surface area contributed by atoms with Crippen LogP contribution in [-0.4, -0.2) is 25.8 Å². The SMILES string of the molecule is CC1CCN(S(=O)(=O)c2cc(Cl)c(Cl)cc2Br)CC1. The maximum atomic E-state index is 12.6. The molecule has 1 saturated heterocycles. The van der Waals surface area contributed by atoms with Crippen LogP contribution >= 0.6 is 39.1 Å². The molecule has 1 aliphatic heterocycles. The third-order valence-electron chi connectivity index (χ3n) is 3.34. The van der Waals surface area contributed by atoms with Crippen LogP contribution in [0.25, 0.3) is 0 Å². The second-order valence-corrected chi connectivity index (χ2v) is 8.36. The molecule has 0 atom stereocenters. The zero-order chi connectivity index (χ0) is 14.2. The normalized spacial score (nSPS) is 18.7. The molecule has 1 heterocycles. The predicted molar refractivity (Wildman–Crippen MR) is 81.3 cm³/mol. The smallest absolute Gasteiger partial charge is 0.207 e. The van der Waals surface area contributed by atoms with Gasteiger partial charge in [0.25, 0.3) is 0 Å². The van der Waals surface area contributed by atoms with E-state index in [1.165, 1.54) is 16.4 Å². The summed E-state index contributed by atoms with van der Waals surface area (Å²) >= 11 is 15.0. The molecular weight excluding hydrogens is 373 g/mol. The molecule has 0 saturated carbocycles. The van der Waals surface area contributed by atoms with Crippen molar-refractivity contribution in [3.63, 3.8) is 0 Å². The van der Waals surface area contributed by atoms with Gasteiger partial charge in [0, 0.05) is 17.6 Å². The summed E-state index contributed by atoms with van der Waals surface area (Å²) in [5, 5.41) is 0.577. The highest BCUT2D eigenvalue weighted by Gasteiger charge is 2.30. The van der Waals surface area contributed by atoms with Gasteiger partial charge in [0.1, 0.15) is 0 Å². The highest BCUT2D eigenvalue weighted by atomic mass is 79.9. The zero-order valence-electron chi connectivity index (χ0n) is 10.4. The number of hydrogen-bond donors (Lipinski definition) is 0. The molecule has 1 aliphatic rings. The van der Waals surface area contributed by atoms with Gasteiger partial charge in [-0.2, -0.15) is 4.31 Å². The number of nitrogens with zero attached hydrogens (tertiary/aromatic N) is 1. The van der Waals surface area contributed by atoms with E-state index >= 15 is 0 Å². The van der Waals surface area contributed by atoms with E-state index in [9.17, 15) is 8.42 Å². The van der Waals surface area contributed by atoms with Crippen LogP contribution in [0.4, 0.5) is 0 Å². The molecule has 0 spiro atoms. The van der Waals surface area contributed by atoms with Gasteiger partial charge in [-0.25, -0.2) is 8.42 Å². The predicted octanol–water partition coefficient (Wildman–Crippen LogP) is 4.18. The molecule has 1 fully saturated rings. The lowest BCUT2D eigenvalue weighted by molar-refractivity contribution is 0.288. The highest BCUT2D eigenvalue weighted by Crippen LogP contribution is 2.34. The standard InChI is InChI=1S/C12H14BrCl2NO2S/c1-8-2-4-16(5-3-8)19(17,18)12-7-11(15)10(14)6-9(12)13/h6-8H,2-5H2,1H3. The number of piperidine rings is 1. The summed E-state index contributed by atoms with van der Waals surface area (Å²) in [5.74, 6) is 0.573. The average molecular weight is 387 g/mol. The molecule has 0 N–H and O–H groups in total. The molecule has 0 radical (unpaired) electrons. The van der Waals surface area contributed by atoms with Crippen molar-refractivity contribution < 1.29 is 8.42 Å². The maximum Gasteiger partial charge on any atom is 0.244 e. The van der Waals surface area contributed by atoms with Crippen LogP contribution in [0.2, 0.25) is 10.0 Å². The lowest BCUT2D eigenvalue weighted by atomic mass is 10.0. The summed E-state index contributed by atoms with van der Waals surface area (Å²) in [5.41, 5.74) is 0. The van der Waals surface area contributed by atoms with E-state index in [4.69, 9.17) is 23.2 Å². The Morgan fingerprint density at radius 3 is 2.32 bits per heavy atom. The number of rotatable bonds is 2. The third-order valence-corrected chi connectivity index (χ3v) is 6.91. The monoisotopic (exact) mass is 385 g/mol. The Bertz CT molecular complexity index is 584. The Morgan fingerprint density at radius 2 is 1.74 bits per heavy atom. The van der Waals surface area contributed by atoms with Crippen molar-refractivity contribution in [2.24, 2.45) is 5.92 Å². The molecule has 0 unspecified atom stereocenters. The molecule has 106 valence electrons. The molecule has 2 rings (SSSR count). The maximum absolute atomic E-state index is 12.6. The van der Waals surface area contributed by atoms with Crippen molar-refractivity contribution in [2.45, 2.75) is 24.7 Å². The average Bonchev–Trinajstić information content (AvgIpc) is 2.34. The number of halogens is 3. The van der Waals surface area contributed by atoms with Crippen molar-refractivity contribution in [3.05, 3.63) is 26.7 Å². The van der Waals surface area contributed by atoms with Crippen molar-refractivity contribution in [3.8, 4) is 0 Å². The second kappa shape index (κ2) is 5.90. The van der Waals surface area contributed by atoms with Gasteiger partial charge in [-0.15, -0.1) is 0 Å². The molecule has 3 nitrogen and oxygen atoms in total. The number of sulfonamides is 1. The lowest BCUT2D eigenvalue weighted by Crippen LogP contribution is -2.38. The van der Waals surface area contributed by atoms with Crippen molar-refractivity contribution in [1.29, 1.82) is 0 Å². The Balaban J connectivity index is 2.37. The summed E-state index contributed by atoms with van der Waals surface area (Å²) in [6.07, 6.45) is 1.77. The minimum absolute atomic E-state index is 0.177. The number of hydrogen-bond acceptors (Lipinski definition) is 2. The molecule has 1 aromatic carbocycles. The van der Waals surface area contributed by atoms with Crippen molar-refractivity contribution in [2.75, 3.05) is 13.1 Å². The minimum Gasteiger partial charge on any atom is -0.207 e. The summed E-state index contributed by atoms with van der Waals surface area (Å²) in [4.78, 5) is 0.177. The quantitative estimate of drug-likeness (QED) is 0.715. The molecular formula is C12H14BrCl2NO2S. The van der Waals surface area contributed by atoms with Gasteiger partial charge in [0.2, 0.25) is 10.0 Å². The van der Waals surface area contributed by atoms with Crippen LogP contribution in [0.5, 0.6) is 0 Å². The molecule has 0 aliphatic carbocycles. The molecule has 19 heavy (non-hydrogen) atoms. The fourth-order valence-corrected chi connectivity index (χ4v) is 5.09. The van der Waals surface area contributed by atoms with Crippen LogP contribution in [0.3, 0.4) is 0 Å². The van der Waals surface area contributed by atoms with E-state index in [0.29, 0.717) is 28.5 Å². The first kappa shape index (κ1) is 15.6. The Kier molecular flexibility index (Phi) is 4.83. The molecule has 0 bridgehead atoms.